The normalized spacial score (nSPS) is 17.4. The lowest BCUT2D eigenvalue weighted by atomic mass is 10.7. The quantitative estimate of drug-likeness (QED) is 0.408. The molecule has 0 spiro atoms. The van der Waals surface area contributed by atoms with Gasteiger partial charge in [0.2, 0.25) is 0 Å². The Kier molecular flexibility index (Phi) is 1.05. The van der Waals surface area contributed by atoms with Crippen LogP contribution in [0.2, 0.25) is 0 Å². The summed E-state index contributed by atoms with van der Waals surface area (Å²) in [4.78, 5) is 0. The van der Waals surface area contributed by atoms with E-state index in [1.54, 1.807) is 0 Å². The van der Waals surface area contributed by atoms with Crippen LogP contribution in [0.1, 0.15) is 0 Å². The monoisotopic (exact) mass is 96.1 g/mol. The molecular weight excluding hydrogens is 88.1 g/mol. The third-order valence-electron chi connectivity index (χ3n) is 0.905. The van der Waals surface area contributed by atoms with E-state index in [1.807, 2.05) is 0 Å². The molecule has 0 aromatic carbocycles. The third-order valence-corrected chi connectivity index (χ3v) is 0.905. The van der Waals surface area contributed by atoms with E-state index in [2.05, 4.69) is 22.9 Å². The van der Waals surface area contributed by atoms with E-state index in [0.29, 0.717) is 0 Å². The van der Waals surface area contributed by atoms with E-state index < -0.39 is 0 Å². The van der Waals surface area contributed by atoms with Gasteiger partial charge in [0.15, 0.2) is 0 Å². The average Bonchev–Trinajstić information content (AvgIpc) is 2.14. The lowest BCUT2D eigenvalue weighted by Crippen LogP contribution is -2.07. The van der Waals surface area contributed by atoms with E-state index >= 15 is 0 Å². The van der Waals surface area contributed by atoms with Gasteiger partial charge in [-0.2, -0.15) is 0 Å². The van der Waals surface area contributed by atoms with Gasteiger partial charge >= 0.3 is 0 Å². The lowest BCUT2D eigenvalue weighted by Gasteiger charge is -1.88. The minimum atomic E-state index is 0.931. The van der Waals surface area contributed by atoms with Gasteiger partial charge < -0.3 is 10.6 Å². The maximum Gasteiger partial charge on any atom is 0.143 e. The van der Waals surface area contributed by atoms with Crippen molar-refractivity contribution in [2.45, 2.75) is 0 Å². The number of rotatable bonds is 0. The molecule has 7 heavy (non-hydrogen) atoms. The van der Waals surface area contributed by atoms with Crippen LogP contribution in [-0.4, -0.2) is 13.1 Å². The molecule has 1 saturated heterocycles. The minimum Gasteiger partial charge on any atom is -0.364 e. The summed E-state index contributed by atoms with van der Waals surface area (Å²) in [5.41, 5.74) is 2.71. The van der Waals surface area contributed by atoms with Crippen molar-refractivity contribution in [1.82, 2.24) is 10.6 Å². The van der Waals surface area contributed by atoms with Gasteiger partial charge in [-0.05, 0) is 0 Å². The van der Waals surface area contributed by atoms with Gasteiger partial charge in [0.25, 0.3) is 0 Å². The fraction of sp³-hybridized carbons (Fsp3) is 0.400. The first-order valence-electron chi connectivity index (χ1n) is 2.31. The molecule has 1 heterocycles. The predicted molar refractivity (Wildman–Crippen MR) is 28.7 cm³/mol. The Labute approximate surface area is 42.9 Å². The third kappa shape index (κ3) is 0.756. The summed E-state index contributed by atoms with van der Waals surface area (Å²) < 4.78 is 0. The van der Waals surface area contributed by atoms with E-state index in [0.717, 1.165) is 18.9 Å². The zero-order valence-corrected chi connectivity index (χ0v) is 4.12. The van der Waals surface area contributed by atoms with Crippen molar-refractivity contribution in [2.24, 2.45) is 0 Å². The number of hydrogen-bond donors (Lipinski definition) is 2. The highest BCUT2D eigenvalue weighted by molar-refractivity contribution is 4.97. The zero-order chi connectivity index (χ0) is 5.11. The van der Waals surface area contributed by atoms with E-state index in [-0.39, 0.29) is 0 Å². The molecule has 0 aromatic heterocycles. The molecule has 0 atom stereocenters. The van der Waals surface area contributed by atoms with Gasteiger partial charge in [-0.3, -0.25) is 0 Å². The molecule has 1 aliphatic heterocycles. The highest BCUT2D eigenvalue weighted by atomic mass is 15.2. The molecule has 0 aliphatic carbocycles. The second-order valence-corrected chi connectivity index (χ2v) is 1.41. The van der Waals surface area contributed by atoms with Gasteiger partial charge in [0.05, 0.1) is 0 Å². The summed E-state index contributed by atoms with van der Waals surface area (Å²) in [5.74, 6) is 0.931. The Hall–Kier alpha value is -0.880. The van der Waals surface area contributed by atoms with Crippen molar-refractivity contribution in [3.63, 3.8) is 0 Å². The van der Waals surface area contributed by atoms with E-state index in [4.69, 9.17) is 0 Å². The molecule has 0 saturated carbocycles. The summed E-state index contributed by atoms with van der Waals surface area (Å²) in [6.07, 6.45) is 0. The van der Waals surface area contributed by atoms with Gasteiger partial charge in [0, 0.05) is 13.1 Å². The lowest BCUT2D eigenvalue weighted by molar-refractivity contribution is 0.942. The molecule has 0 aromatic rings. The second kappa shape index (κ2) is 1.71. The highest BCUT2D eigenvalue weighted by Crippen LogP contribution is 1.82. The summed E-state index contributed by atoms with van der Waals surface area (Å²) in [6, 6.07) is 0. The van der Waals surface area contributed by atoms with Crippen LogP contribution >= 0.6 is 0 Å². The van der Waals surface area contributed by atoms with Crippen LogP contribution in [-0.2, 0) is 0 Å². The van der Waals surface area contributed by atoms with Crippen LogP contribution in [0, 0.1) is 0 Å². The molecule has 1 aliphatic rings. The first kappa shape index (κ1) is 4.28. The fourth-order valence-corrected chi connectivity index (χ4v) is 0.562. The van der Waals surface area contributed by atoms with Crippen molar-refractivity contribution in [2.75, 3.05) is 13.1 Å². The first-order chi connectivity index (χ1) is 3.43. The van der Waals surface area contributed by atoms with Crippen LogP contribution in [0.15, 0.2) is 18.1 Å². The van der Waals surface area contributed by atoms with Crippen molar-refractivity contribution < 1.29 is 0 Å². The molecule has 0 unspecified atom stereocenters. The molecule has 2 nitrogen and oxygen atoms in total. The standard InChI is InChI=1S/C5H8N2/c1-2-5-6-3-4-7-5/h6-7H,1,3-4H2. The molecule has 1 rings (SSSR count). The van der Waals surface area contributed by atoms with E-state index in [9.17, 15) is 0 Å². The Bertz CT molecular complexity index is 103. The Morgan fingerprint density at radius 1 is 1.43 bits per heavy atom. The Morgan fingerprint density at radius 2 is 2.00 bits per heavy atom. The van der Waals surface area contributed by atoms with Crippen molar-refractivity contribution in [3.05, 3.63) is 18.1 Å². The van der Waals surface area contributed by atoms with Crippen LogP contribution in [0.3, 0.4) is 0 Å². The average molecular weight is 96.1 g/mol. The minimum absolute atomic E-state index is 0.931. The van der Waals surface area contributed by atoms with Crippen LogP contribution in [0.25, 0.3) is 0 Å². The van der Waals surface area contributed by atoms with Gasteiger partial charge in [-0.1, -0.05) is 12.3 Å². The van der Waals surface area contributed by atoms with Gasteiger partial charge in [0.1, 0.15) is 5.82 Å². The maximum atomic E-state index is 3.46. The summed E-state index contributed by atoms with van der Waals surface area (Å²) in [6.45, 7) is 5.45. The zero-order valence-electron chi connectivity index (χ0n) is 4.12. The predicted octanol–water partition coefficient (Wildman–Crippen LogP) is -0.195. The summed E-state index contributed by atoms with van der Waals surface area (Å²) in [5, 5.41) is 6.08. The molecule has 0 amide bonds. The van der Waals surface area contributed by atoms with Crippen molar-refractivity contribution >= 4 is 0 Å². The van der Waals surface area contributed by atoms with Gasteiger partial charge in [-0.25, -0.2) is 0 Å². The largest absolute Gasteiger partial charge is 0.364 e. The Balaban J connectivity index is 2.57. The van der Waals surface area contributed by atoms with Crippen LogP contribution in [0.4, 0.5) is 0 Å². The number of nitrogens with one attached hydrogen (secondary N) is 2. The molecule has 38 valence electrons. The fourth-order valence-electron chi connectivity index (χ4n) is 0.562. The molecule has 0 bridgehead atoms. The molecule has 2 N–H and O–H groups in total. The van der Waals surface area contributed by atoms with Crippen molar-refractivity contribution in [1.29, 1.82) is 0 Å². The molecule has 2 heteroatoms. The highest BCUT2D eigenvalue weighted by Gasteiger charge is 1.98. The maximum absolute atomic E-state index is 3.46. The van der Waals surface area contributed by atoms with E-state index in [1.165, 1.54) is 0 Å². The number of hydrogen-bond acceptors (Lipinski definition) is 2. The topological polar surface area (TPSA) is 24.1 Å². The summed E-state index contributed by atoms with van der Waals surface area (Å²) >= 11 is 0. The van der Waals surface area contributed by atoms with Crippen LogP contribution < -0.4 is 10.6 Å². The summed E-state index contributed by atoms with van der Waals surface area (Å²) in [7, 11) is 0. The smallest absolute Gasteiger partial charge is 0.143 e. The first-order valence-corrected chi connectivity index (χ1v) is 2.31. The van der Waals surface area contributed by atoms with Gasteiger partial charge in [-0.15, -0.1) is 0 Å². The SMILES string of the molecule is C=C=C1NCCN1. The second-order valence-electron chi connectivity index (χ2n) is 1.41. The molecule has 0 radical (unpaired) electrons. The van der Waals surface area contributed by atoms with Crippen molar-refractivity contribution in [3.8, 4) is 0 Å². The molecule has 1 fully saturated rings. The molecular formula is C5H8N2. The Morgan fingerprint density at radius 3 is 2.29 bits per heavy atom. The van der Waals surface area contributed by atoms with Crippen LogP contribution in [0.5, 0.6) is 0 Å².